The van der Waals surface area contributed by atoms with E-state index in [0.717, 1.165) is 47.2 Å². The molecule has 0 radical (unpaired) electrons. The number of aryl methyl sites for hydroxylation is 1. The number of carbonyl (C=O) groups excluding carboxylic acids is 2. The number of amides is 2. The zero-order valence-corrected chi connectivity index (χ0v) is 20.3. The molecule has 0 unspecified atom stereocenters. The molecule has 0 saturated heterocycles. The van der Waals surface area contributed by atoms with Gasteiger partial charge in [0.2, 0.25) is 5.91 Å². The van der Waals surface area contributed by atoms with Crippen LogP contribution in [0, 0.1) is 12.8 Å². The highest BCUT2D eigenvalue weighted by molar-refractivity contribution is 6.04. The lowest BCUT2D eigenvalue weighted by molar-refractivity contribution is -0.137. The number of hydrogen-bond donors (Lipinski definition) is 2. The van der Waals surface area contributed by atoms with Gasteiger partial charge >= 0.3 is 6.18 Å². The second kappa shape index (κ2) is 10.1. The average Bonchev–Trinajstić information content (AvgIpc) is 3.75. The van der Waals surface area contributed by atoms with E-state index >= 15 is 0 Å². The molecule has 1 saturated carbocycles. The van der Waals surface area contributed by atoms with Gasteiger partial charge in [-0.2, -0.15) is 13.2 Å². The summed E-state index contributed by atoms with van der Waals surface area (Å²) in [6, 6.07) is 16.9. The summed E-state index contributed by atoms with van der Waals surface area (Å²) in [5.74, 6) is -0.150. The topological polar surface area (TPSA) is 84.0 Å². The van der Waals surface area contributed by atoms with Crippen molar-refractivity contribution in [2.75, 3.05) is 10.6 Å². The van der Waals surface area contributed by atoms with Crippen LogP contribution in [0.2, 0.25) is 0 Å². The van der Waals surface area contributed by atoms with E-state index in [-0.39, 0.29) is 17.4 Å². The Balaban J connectivity index is 1.38. The van der Waals surface area contributed by atoms with Gasteiger partial charge in [-0.1, -0.05) is 12.1 Å². The summed E-state index contributed by atoms with van der Waals surface area (Å²) >= 11 is 0. The second-order valence-corrected chi connectivity index (χ2v) is 9.19. The van der Waals surface area contributed by atoms with E-state index in [9.17, 15) is 22.8 Å². The van der Waals surface area contributed by atoms with Crippen molar-refractivity contribution in [2.24, 2.45) is 5.92 Å². The smallest absolute Gasteiger partial charge is 0.322 e. The van der Waals surface area contributed by atoms with Crippen molar-refractivity contribution in [3.05, 3.63) is 95.8 Å². The third-order valence-corrected chi connectivity index (χ3v) is 6.27. The third-order valence-electron chi connectivity index (χ3n) is 6.27. The minimum Gasteiger partial charge on any atom is -0.322 e. The van der Waals surface area contributed by atoms with Crippen molar-refractivity contribution >= 4 is 23.3 Å². The zero-order valence-electron chi connectivity index (χ0n) is 20.3. The summed E-state index contributed by atoms with van der Waals surface area (Å²) in [4.78, 5) is 33.5. The van der Waals surface area contributed by atoms with Crippen LogP contribution in [0.1, 0.15) is 34.3 Å². The van der Waals surface area contributed by atoms with E-state index < -0.39 is 17.6 Å². The number of pyridine rings is 2. The number of carbonyl (C=O) groups is 2. The molecule has 2 amide bonds. The number of anilines is 2. The van der Waals surface area contributed by atoms with Gasteiger partial charge in [0, 0.05) is 35.1 Å². The van der Waals surface area contributed by atoms with Crippen molar-refractivity contribution in [3.8, 4) is 22.4 Å². The third kappa shape index (κ3) is 5.72. The maximum atomic E-state index is 13.1. The van der Waals surface area contributed by atoms with Crippen LogP contribution in [0.25, 0.3) is 22.4 Å². The minimum absolute atomic E-state index is 0.0315. The van der Waals surface area contributed by atoms with Crippen LogP contribution in [0.4, 0.5) is 24.7 Å². The van der Waals surface area contributed by atoms with Gasteiger partial charge in [-0.3, -0.25) is 14.6 Å². The van der Waals surface area contributed by atoms with Crippen LogP contribution in [-0.4, -0.2) is 21.8 Å². The van der Waals surface area contributed by atoms with E-state index in [2.05, 4.69) is 20.6 Å². The van der Waals surface area contributed by atoms with E-state index in [4.69, 9.17) is 0 Å². The quantitative estimate of drug-likeness (QED) is 0.297. The molecule has 192 valence electrons. The fraction of sp³-hybridized carbons (Fsp3) is 0.172. The molecule has 2 heterocycles. The first-order valence-corrected chi connectivity index (χ1v) is 12.0. The van der Waals surface area contributed by atoms with Gasteiger partial charge in [-0.15, -0.1) is 0 Å². The molecule has 5 rings (SSSR count). The Hall–Kier alpha value is -4.53. The molecule has 4 aromatic rings. The van der Waals surface area contributed by atoms with Crippen molar-refractivity contribution in [3.63, 3.8) is 0 Å². The van der Waals surface area contributed by atoms with Gasteiger partial charge in [0.1, 0.15) is 5.82 Å². The number of aromatic nitrogens is 2. The maximum absolute atomic E-state index is 13.1. The molecule has 9 heteroatoms. The fourth-order valence-corrected chi connectivity index (χ4v) is 4.04. The molecule has 38 heavy (non-hydrogen) atoms. The molecule has 2 aromatic heterocycles. The van der Waals surface area contributed by atoms with E-state index in [0.29, 0.717) is 17.2 Å². The maximum Gasteiger partial charge on any atom is 0.416 e. The van der Waals surface area contributed by atoms with Crippen LogP contribution in [-0.2, 0) is 11.0 Å². The molecule has 2 N–H and O–H groups in total. The first kappa shape index (κ1) is 25.1. The number of hydrogen-bond acceptors (Lipinski definition) is 4. The van der Waals surface area contributed by atoms with E-state index in [1.165, 1.54) is 12.1 Å². The molecule has 0 aliphatic heterocycles. The highest BCUT2D eigenvalue weighted by Gasteiger charge is 2.31. The summed E-state index contributed by atoms with van der Waals surface area (Å²) in [6.07, 6.45) is 0.537. The predicted molar refractivity (Wildman–Crippen MR) is 138 cm³/mol. The Labute approximate surface area is 217 Å². The van der Waals surface area contributed by atoms with Crippen LogP contribution >= 0.6 is 0 Å². The first-order chi connectivity index (χ1) is 18.2. The van der Waals surface area contributed by atoms with E-state index in [1.807, 2.05) is 25.1 Å². The fourth-order valence-electron chi connectivity index (χ4n) is 4.04. The van der Waals surface area contributed by atoms with Gasteiger partial charge in [-0.25, -0.2) is 4.98 Å². The molecule has 1 fully saturated rings. The number of nitrogens with zero attached hydrogens (tertiary/aromatic N) is 2. The highest BCUT2D eigenvalue weighted by Crippen LogP contribution is 2.32. The number of alkyl halides is 3. The summed E-state index contributed by atoms with van der Waals surface area (Å²) in [7, 11) is 0. The van der Waals surface area contributed by atoms with Gasteiger partial charge in [0.05, 0.1) is 11.3 Å². The summed E-state index contributed by atoms with van der Waals surface area (Å²) in [5.41, 5.74) is 3.52. The predicted octanol–water partition coefficient (Wildman–Crippen LogP) is 6.74. The molecule has 6 nitrogen and oxygen atoms in total. The van der Waals surface area contributed by atoms with Gasteiger partial charge in [0.15, 0.2) is 0 Å². The van der Waals surface area contributed by atoms with Crippen LogP contribution in [0.5, 0.6) is 0 Å². The largest absolute Gasteiger partial charge is 0.416 e. The Morgan fingerprint density at radius 1 is 0.868 bits per heavy atom. The normalized spacial score (nSPS) is 13.2. The number of benzene rings is 2. The Morgan fingerprint density at radius 3 is 2.39 bits per heavy atom. The van der Waals surface area contributed by atoms with Crippen molar-refractivity contribution in [1.29, 1.82) is 0 Å². The van der Waals surface area contributed by atoms with Crippen LogP contribution < -0.4 is 10.6 Å². The average molecular weight is 517 g/mol. The van der Waals surface area contributed by atoms with Gasteiger partial charge in [0.25, 0.3) is 5.91 Å². The lowest BCUT2D eigenvalue weighted by atomic mass is 9.99. The molecule has 0 atom stereocenters. The number of rotatable bonds is 6. The SMILES string of the molecule is Cc1ccc(NC(=O)c2cccc(C(F)(F)F)c2)cc1-c1ccnc(-c2ccnc(NC(=O)C3CC3)c2)c1. The highest BCUT2D eigenvalue weighted by atomic mass is 19.4. The van der Waals surface area contributed by atoms with Crippen molar-refractivity contribution < 1.29 is 22.8 Å². The molecular formula is C29H23F3N4O2. The molecule has 0 bridgehead atoms. The van der Waals surface area contributed by atoms with Crippen molar-refractivity contribution in [1.82, 2.24) is 9.97 Å². The minimum atomic E-state index is -4.54. The van der Waals surface area contributed by atoms with Gasteiger partial charge < -0.3 is 10.6 Å². The molecule has 1 aliphatic carbocycles. The lowest BCUT2D eigenvalue weighted by Gasteiger charge is -2.13. The monoisotopic (exact) mass is 516 g/mol. The standard InChI is InChI=1S/C29H23F3N4O2/c1-17-5-8-23(35-28(38)21-3-2-4-22(13-21)29(30,31)32)16-24(17)19-9-11-33-25(14-19)20-10-12-34-26(15-20)36-27(37)18-6-7-18/h2-5,8-16,18H,6-7H2,1H3,(H,35,38)(H,34,36,37). The first-order valence-electron chi connectivity index (χ1n) is 12.0. The van der Waals surface area contributed by atoms with Crippen LogP contribution in [0.3, 0.4) is 0 Å². The Morgan fingerprint density at radius 2 is 1.63 bits per heavy atom. The summed E-state index contributed by atoms with van der Waals surface area (Å²) in [5, 5.41) is 5.53. The molecule has 0 spiro atoms. The number of nitrogens with one attached hydrogen (secondary N) is 2. The Kier molecular flexibility index (Phi) is 6.67. The summed E-state index contributed by atoms with van der Waals surface area (Å²) < 4.78 is 39.2. The summed E-state index contributed by atoms with van der Waals surface area (Å²) in [6.45, 7) is 1.92. The molecular weight excluding hydrogens is 493 g/mol. The van der Waals surface area contributed by atoms with Gasteiger partial charge in [-0.05, 0) is 91.1 Å². The molecule has 1 aliphatic rings. The number of halogens is 3. The Bertz CT molecular complexity index is 1530. The zero-order chi connectivity index (χ0) is 26.9. The molecule has 2 aromatic carbocycles. The van der Waals surface area contributed by atoms with Crippen LogP contribution in [0.15, 0.2) is 79.1 Å². The second-order valence-electron chi connectivity index (χ2n) is 9.19. The van der Waals surface area contributed by atoms with Crippen molar-refractivity contribution in [2.45, 2.75) is 25.9 Å². The van der Waals surface area contributed by atoms with E-state index in [1.54, 1.807) is 36.7 Å². The lowest BCUT2D eigenvalue weighted by Crippen LogP contribution is -2.14.